The smallest absolute Gasteiger partial charge is 0.347 e. The lowest BCUT2D eigenvalue weighted by molar-refractivity contribution is 0.622. The van der Waals surface area contributed by atoms with Crippen molar-refractivity contribution < 1.29 is 0 Å². The van der Waals surface area contributed by atoms with Crippen molar-refractivity contribution >= 4 is 5.82 Å². The fraction of sp³-hybridized carbons (Fsp3) is 0.429. The summed E-state index contributed by atoms with van der Waals surface area (Å²) in [5.41, 5.74) is 6.98. The molecule has 1 aromatic heterocycles. The molecule has 0 aromatic carbocycles. The van der Waals surface area contributed by atoms with Gasteiger partial charge in [0.1, 0.15) is 5.82 Å². The highest BCUT2D eigenvalue weighted by molar-refractivity contribution is 5.44. The zero-order valence-electron chi connectivity index (χ0n) is 6.72. The van der Waals surface area contributed by atoms with Gasteiger partial charge in [0, 0.05) is 23.8 Å². The molecule has 2 heterocycles. The number of H-pyrrole nitrogens is 1. The summed E-state index contributed by atoms with van der Waals surface area (Å²) in [6, 6.07) is 0.165. The summed E-state index contributed by atoms with van der Waals surface area (Å²) in [6.07, 6.45) is 0. The van der Waals surface area contributed by atoms with Gasteiger partial charge in [-0.15, -0.1) is 0 Å². The van der Waals surface area contributed by atoms with Crippen LogP contribution >= 0.6 is 0 Å². The van der Waals surface area contributed by atoms with Crippen LogP contribution in [0, 0.1) is 0 Å². The van der Waals surface area contributed by atoms with E-state index < -0.39 is 0 Å². The number of aromatic amines is 1. The molecule has 2 rings (SSSR count). The van der Waals surface area contributed by atoms with Crippen molar-refractivity contribution in [2.24, 2.45) is 0 Å². The van der Waals surface area contributed by atoms with Crippen LogP contribution in [0.3, 0.4) is 0 Å². The number of anilines is 1. The highest BCUT2D eigenvalue weighted by atomic mass is 16.1. The van der Waals surface area contributed by atoms with Gasteiger partial charge in [-0.25, -0.2) is 4.79 Å². The zero-order chi connectivity index (χ0) is 8.72. The van der Waals surface area contributed by atoms with Crippen LogP contribution in [-0.4, -0.2) is 9.97 Å². The van der Waals surface area contributed by atoms with Crippen molar-refractivity contribution in [3.63, 3.8) is 0 Å². The molecule has 1 aliphatic rings. The Morgan fingerprint density at radius 2 is 2.42 bits per heavy atom. The molecule has 0 saturated heterocycles. The van der Waals surface area contributed by atoms with Crippen molar-refractivity contribution in [1.29, 1.82) is 0 Å². The lowest BCUT2D eigenvalue weighted by Crippen LogP contribution is -2.17. The Morgan fingerprint density at radius 1 is 1.67 bits per heavy atom. The van der Waals surface area contributed by atoms with Crippen molar-refractivity contribution in [1.82, 2.24) is 15.3 Å². The first-order valence-electron chi connectivity index (χ1n) is 3.80. The van der Waals surface area contributed by atoms with Crippen molar-refractivity contribution in [2.75, 3.05) is 5.73 Å². The van der Waals surface area contributed by atoms with Crippen molar-refractivity contribution in [3.05, 3.63) is 21.7 Å². The van der Waals surface area contributed by atoms with Crippen LogP contribution in [0.15, 0.2) is 4.79 Å². The summed E-state index contributed by atoms with van der Waals surface area (Å²) in [5, 5.41) is 3.16. The number of fused-ring (bicyclic) bond motifs is 1. The Kier molecular flexibility index (Phi) is 1.41. The SMILES string of the molecule is CC1NCc2c(N)nc(=O)[nH]c21. The molecule has 0 fully saturated rings. The molecule has 5 nitrogen and oxygen atoms in total. The van der Waals surface area contributed by atoms with E-state index in [1.54, 1.807) is 0 Å². The Balaban J connectivity index is 2.68. The van der Waals surface area contributed by atoms with E-state index in [-0.39, 0.29) is 11.7 Å². The summed E-state index contributed by atoms with van der Waals surface area (Å²) < 4.78 is 0. The highest BCUT2D eigenvalue weighted by Gasteiger charge is 2.21. The molecule has 0 amide bonds. The fourth-order valence-electron chi connectivity index (χ4n) is 1.45. The second-order valence-electron chi connectivity index (χ2n) is 2.92. The van der Waals surface area contributed by atoms with E-state index in [0.717, 1.165) is 11.3 Å². The molecule has 1 aromatic rings. The molecule has 0 radical (unpaired) electrons. The van der Waals surface area contributed by atoms with Crippen LogP contribution < -0.4 is 16.7 Å². The van der Waals surface area contributed by atoms with Gasteiger partial charge in [-0.2, -0.15) is 4.98 Å². The Morgan fingerprint density at radius 3 is 3.17 bits per heavy atom. The van der Waals surface area contributed by atoms with E-state index in [1.807, 2.05) is 6.92 Å². The Bertz CT molecular complexity index is 370. The van der Waals surface area contributed by atoms with Crippen molar-refractivity contribution in [3.8, 4) is 0 Å². The molecule has 64 valence electrons. The molecule has 12 heavy (non-hydrogen) atoms. The predicted octanol–water partition coefficient (Wildman–Crippen LogP) is -0.484. The minimum absolute atomic E-state index is 0.165. The minimum Gasteiger partial charge on any atom is -0.383 e. The number of nitrogens with one attached hydrogen (secondary N) is 2. The third-order valence-electron chi connectivity index (χ3n) is 2.12. The molecule has 0 bridgehead atoms. The largest absolute Gasteiger partial charge is 0.383 e. The van der Waals surface area contributed by atoms with E-state index in [9.17, 15) is 4.79 Å². The number of nitrogen functional groups attached to an aromatic ring is 1. The highest BCUT2D eigenvalue weighted by Crippen LogP contribution is 2.23. The van der Waals surface area contributed by atoms with Crippen LogP contribution in [0.5, 0.6) is 0 Å². The molecule has 1 aliphatic heterocycles. The zero-order valence-corrected chi connectivity index (χ0v) is 6.72. The number of aromatic nitrogens is 2. The number of hydrogen-bond acceptors (Lipinski definition) is 4. The van der Waals surface area contributed by atoms with Crippen LogP contribution in [0.4, 0.5) is 5.82 Å². The topological polar surface area (TPSA) is 83.8 Å². The van der Waals surface area contributed by atoms with E-state index in [0.29, 0.717) is 12.4 Å². The Hall–Kier alpha value is -1.36. The molecule has 1 atom stereocenters. The minimum atomic E-state index is -0.373. The van der Waals surface area contributed by atoms with Gasteiger partial charge in [-0.3, -0.25) is 0 Å². The van der Waals surface area contributed by atoms with E-state index >= 15 is 0 Å². The van der Waals surface area contributed by atoms with E-state index in [4.69, 9.17) is 5.73 Å². The Labute approximate surface area is 69.0 Å². The molecular formula is C7H10N4O. The van der Waals surface area contributed by atoms with Gasteiger partial charge in [0.15, 0.2) is 0 Å². The quantitative estimate of drug-likeness (QED) is 0.486. The average Bonchev–Trinajstić information content (AvgIpc) is 2.33. The maximum Gasteiger partial charge on any atom is 0.347 e. The third kappa shape index (κ3) is 0.902. The van der Waals surface area contributed by atoms with Gasteiger partial charge < -0.3 is 16.0 Å². The molecule has 1 unspecified atom stereocenters. The van der Waals surface area contributed by atoms with Gasteiger partial charge in [0.05, 0.1) is 0 Å². The maximum atomic E-state index is 10.9. The van der Waals surface area contributed by atoms with E-state index in [1.165, 1.54) is 0 Å². The first-order valence-corrected chi connectivity index (χ1v) is 3.80. The van der Waals surface area contributed by atoms with Crippen LogP contribution in [0.2, 0.25) is 0 Å². The molecule has 0 saturated carbocycles. The lowest BCUT2D eigenvalue weighted by atomic mass is 10.2. The van der Waals surface area contributed by atoms with Gasteiger partial charge in [-0.1, -0.05) is 0 Å². The normalized spacial score (nSPS) is 20.9. The van der Waals surface area contributed by atoms with Crippen molar-refractivity contribution in [2.45, 2.75) is 19.5 Å². The standard InChI is InChI=1S/C7H10N4O/c1-3-5-4(2-9-3)6(8)11-7(12)10-5/h3,9H,2H2,1H3,(H3,8,10,11,12). The third-order valence-corrected chi connectivity index (χ3v) is 2.12. The maximum absolute atomic E-state index is 10.9. The number of hydrogen-bond donors (Lipinski definition) is 3. The number of nitrogens with two attached hydrogens (primary N) is 1. The monoisotopic (exact) mass is 166 g/mol. The molecular weight excluding hydrogens is 156 g/mol. The predicted molar refractivity (Wildman–Crippen MR) is 44.5 cm³/mol. The first kappa shape index (κ1) is 7.30. The second-order valence-corrected chi connectivity index (χ2v) is 2.92. The lowest BCUT2D eigenvalue weighted by Gasteiger charge is -2.03. The number of nitrogens with zero attached hydrogens (tertiary/aromatic N) is 1. The first-order chi connectivity index (χ1) is 5.68. The summed E-state index contributed by atoms with van der Waals surface area (Å²) in [5.74, 6) is 0.339. The summed E-state index contributed by atoms with van der Waals surface area (Å²) in [7, 11) is 0. The summed E-state index contributed by atoms with van der Waals surface area (Å²) >= 11 is 0. The summed E-state index contributed by atoms with van der Waals surface area (Å²) in [6.45, 7) is 2.66. The average molecular weight is 166 g/mol. The van der Waals surface area contributed by atoms with Gasteiger partial charge >= 0.3 is 5.69 Å². The van der Waals surface area contributed by atoms with Crippen LogP contribution in [0.1, 0.15) is 24.2 Å². The van der Waals surface area contributed by atoms with Gasteiger partial charge in [0.25, 0.3) is 0 Å². The summed E-state index contributed by atoms with van der Waals surface area (Å²) in [4.78, 5) is 17.2. The van der Waals surface area contributed by atoms with Gasteiger partial charge in [-0.05, 0) is 6.92 Å². The van der Waals surface area contributed by atoms with Gasteiger partial charge in [0.2, 0.25) is 0 Å². The molecule has 0 spiro atoms. The molecule has 5 heteroatoms. The molecule has 4 N–H and O–H groups in total. The van der Waals surface area contributed by atoms with Crippen LogP contribution in [0.25, 0.3) is 0 Å². The van der Waals surface area contributed by atoms with Crippen LogP contribution in [-0.2, 0) is 6.54 Å². The second kappa shape index (κ2) is 2.31. The van der Waals surface area contributed by atoms with E-state index in [2.05, 4.69) is 15.3 Å². The fourth-order valence-corrected chi connectivity index (χ4v) is 1.45. The number of rotatable bonds is 0. The molecule has 0 aliphatic carbocycles.